The van der Waals surface area contributed by atoms with Crippen LogP contribution in [0.2, 0.25) is 0 Å². The Morgan fingerprint density at radius 3 is 2.47 bits per heavy atom. The van der Waals surface area contributed by atoms with Crippen molar-refractivity contribution in [2.45, 2.75) is 26.0 Å². The van der Waals surface area contributed by atoms with Crippen molar-refractivity contribution in [3.8, 4) is 0 Å². The van der Waals surface area contributed by atoms with Crippen molar-refractivity contribution >= 4 is 0 Å². The second-order valence-corrected chi connectivity index (χ2v) is 4.16. The predicted octanol–water partition coefficient (Wildman–Crippen LogP) is 1.83. The van der Waals surface area contributed by atoms with Gasteiger partial charge in [-0.25, -0.2) is 8.78 Å². The van der Waals surface area contributed by atoms with Crippen LogP contribution in [-0.4, -0.2) is 17.3 Å². The van der Waals surface area contributed by atoms with Gasteiger partial charge in [0.1, 0.15) is 0 Å². The quantitative estimate of drug-likeness (QED) is 0.803. The smallest absolute Gasteiger partial charge is 0.159 e. The Morgan fingerprint density at radius 1 is 1.27 bits per heavy atom. The van der Waals surface area contributed by atoms with Crippen molar-refractivity contribution in [3.63, 3.8) is 0 Å². The van der Waals surface area contributed by atoms with Crippen LogP contribution in [0.25, 0.3) is 0 Å². The number of rotatable bonds is 4. The van der Waals surface area contributed by atoms with E-state index in [4.69, 9.17) is 0 Å². The van der Waals surface area contributed by atoms with Gasteiger partial charge in [0.15, 0.2) is 11.6 Å². The Labute approximate surface area is 87.9 Å². The van der Waals surface area contributed by atoms with Crippen LogP contribution < -0.4 is 5.32 Å². The number of nitrogens with one attached hydrogen (secondary N) is 1. The van der Waals surface area contributed by atoms with E-state index in [-0.39, 0.29) is 0 Å². The highest BCUT2D eigenvalue weighted by Gasteiger charge is 2.11. The first kappa shape index (κ1) is 12.1. The van der Waals surface area contributed by atoms with E-state index in [0.29, 0.717) is 18.7 Å². The standard InChI is InChI=1S/C11H15F2NO/c1-11(2,15)7-14-6-8-3-4-9(12)10(13)5-8/h3-5,14-15H,6-7H2,1-2H3. The van der Waals surface area contributed by atoms with Crippen LogP contribution in [0.3, 0.4) is 0 Å². The van der Waals surface area contributed by atoms with E-state index in [1.165, 1.54) is 6.07 Å². The van der Waals surface area contributed by atoms with Crippen molar-refractivity contribution in [1.82, 2.24) is 5.32 Å². The van der Waals surface area contributed by atoms with E-state index in [0.717, 1.165) is 12.1 Å². The fraction of sp³-hybridized carbons (Fsp3) is 0.455. The highest BCUT2D eigenvalue weighted by molar-refractivity contribution is 5.17. The van der Waals surface area contributed by atoms with Crippen molar-refractivity contribution in [1.29, 1.82) is 0 Å². The third-order valence-corrected chi connectivity index (χ3v) is 1.87. The van der Waals surface area contributed by atoms with Gasteiger partial charge in [0.25, 0.3) is 0 Å². The lowest BCUT2D eigenvalue weighted by Gasteiger charge is -2.17. The molecule has 1 aromatic carbocycles. The van der Waals surface area contributed by atoms with Gasteiger partial charge in [-0.2, -0.15) is 0 Å². The summed E-state index contributed by atoms with van der Waals surface area (Å²) in [7, 11) is 0. The number of aliphatic hydroxyl groups is 1. The summed E-state index contributed by atoms with van der Waals surface area (Å²) in [6.45, 7) is 4.14. The number of hydrogen-bond acceptors (Lipinski definition) is 2. The molecule has 0 heterocycles. The zero-order valence-electron chi connectivity index (χ0n) is 8.85. The van der Waals surface area contributed by atoms with E-state index in [1.807, 2.05) is 0 Å². The monoisotopic (exact) mass is 215 g/mol. The molecule has 15 heavy (non-hydrogen) atoms. The zero-order valence-corrected chi connectivity index (χ0v) is 8.85. The van der Waals surface area contributed by atoms with E-state index in [1.54, 1.807) is 13.8 Å². The van der Waals surface area contributed by atoms with Gasteiger partial charge in [0, 0.05) is 13.1 Å². The Morgan fingerprint density at radius 2 is 1.93 bits per heavy atom. The summed E-state index contributed by atoms with van der Waals surface area (Å²) in [5, 5.41) is 12.3. The maximum absolute atomic E-state index is 12.8. The fourth-order valence-electron chi connectivity index (χ4n) is 1.16. The van der Waals surface area contributed by atoms with Crippen LogP contribution in [0.5, 0.6) is 0 Å². The summed E-state index contributed by atoms with van der Waals surface area (Å²) >= 11 is 0. The van der Waals surface area contributed by atoms with Gasteiger partial charge in [-0.1, -0.05) is 6.07 Å². The summed E-state index contributed by atoms with van der Waals surface area (Å²) in [5.41, 5.74) is -0.156. The summed E-state index contributed by atoms with van der Waals surface area (Å²) < 4.78 is 25.4. The molecule has 0 bridgehead atoms. The van der Waals surface area contributed by atoms with Crippen LogP contribution in [0.1, 0.15) is 19.4 Å². The Balaban J connectivity index is 2.48. The zero-order chi connectivity index (χ0) is 11.5. The lowest BCUT2D eigenvalue weighted by Crippen LogP contribution is -2.34. The molecule has 1 aromatic rings. The van der Waals surface area contributed by atoms with Crippen molar-refractivity contribution < 1.29 is 13.9 Å². The van der Waals surface area contributed by atoms with Crippen molar-refractivity contribution in [2.24, 2.45) is 0 Å². The highest BCUT2D eigenvalue weighted by Crippen LogP contribution is 2.08. The van der Waals surface area contributed by atoms with Crippen LogP contribution in [-0.2, 0) is 6.54 Å². The molecule has 0 spiro atoms. The molecule has 1 rings (SSSR count). The van der Waals surface area contributed by atoms with Gasteiger partial charge in [-0.15, -0.1) is 0 Å². The van der Waals surface area contributed by atoms with E-state index in [9.17, 15) is 13.9 Å². The molecule has 0 aliphatic rings. The molecule has 0 saturated carbocycles. The second kappa shape index (κ2) is 4.68. The normalized spacial score (nSPS) is 11.8. The molecule has 0 aliphatic carbocycles. The molecule has 84 valence electrons. The first-order chi connectivity index (χ1) is 6.88. The van der Waals surface area contributed by atoms with E-state index >= 15 is 0 Å². The maximum Gasteiger partial charge on any atom is 0.159 e. The molecule has 0 radical (unpaired) electrons. The SMILES string of the molecule is CC(C)(O)CNCc1ccc(F)c(F)c1. The fourth-order valence-corrected chi connectivity index (χ4v) is 1.16. The molecule has 2 nitrogen and oxygen atoms in total. The maximum atomic E-state index is 12.8. The van der Waals surface area contributed by atoms with Crippen molar-refractivity contribution in [2.75, 3.05) is 6.54 Å². The molecule has 2 N–H and O–H groups in total. The van der Waals surface area contributed by atoms with Crippen LogP contribution >= 0.6 is 0 Å². The molecule has 0 aromatic heterocycles. The predicted molar refractivity (Wildman–Crippen MR) is 54.4 cm³/mol. The van der Waals surface area contributed by atoms with Gasteiger partial charge < -0.3 is 10.4 Å². The average molecular weight is 215 g/mol. The molecule has 0 saturated heterocycles. The van der Waals surface area contributed by atoms with Gasteiger partial charge in [0.2, 0.25) is 0 Å². The lowest BCUT2D eigenvalue weighted by molar-refractivity contribution is 0.0795. The third-order valence-electron chi connectivity index (χ3n) is 1.87. The van der Waals surface area contributed by atoms with Gasteiger partial charge in [-0.05, 0) is 31.5 Å². The second-order valence-electron chi connectivity index (χ2n) is 4.16. The molecule has 0 unspecified atom stereocenters. The highest BCUT2D eigenvalue weighted by atomic mass is 19.2. The molecule has 0 aliphatic heterocycles. The van der Waals surface area contributed by atoms with Crippen LogP contribution in [0.15, 0.2) is 18.2 Å². The van der Waals surface area contributed by atoms with Gasteiger partial charge in [0.05, 0.1) is 5.60 Å². The minimum absolute atomic E-state index is 0.395. The molecule has 0 atom stereocenters. The topological polar surface area (TPSA) is 32.3 Å². The average Bonchev–Trinajstić information content (AvgIpc) is 2.09. The Bertz CT molecular complexity index is 334. The first-order valence-electron chi connectivity index (χ1n) is 4.75. The molecular weight excluding hydrogens is 200 g/mol. The third kappa shape index (κ3) is 4.36. The molecule has 0 fully saturated rings. The van der Waals surface area contributed by atoms with Gasteiger partial charge in [-0.3, -0.25) is 0 Å². The molecular formula is C11H15F2NO. The van der Waals surface area contributed by atoms with Crippen molar-refractivity contribution in [3.05, 3.63) is 35.4 Å². The summed E-state index contributed by atoms with van der Waals surface area (Å²) in [5.74, 6) is -1.70. The number of hydrogen-bond donors (Lipinski definition) is 2. The minimum atomic E-state index is -0.849. The lowest BCUT2D eigenvalue weighted by atomic mass is 10.1. The molecule has 0 amide bonds. The molecule has 4 heteroatoms. The summed E-state index contributed by atoms with van der Waals surface area (Å²) in [6, 6.07) is 3.75. The summed E-state index contributed by atoms with van der Waals surface area (Å²) in [6.07, 6.45) is 0. The van der Waals surface area contributed by atoms with Crippen LogP contribution in [0.4, 0.5) is 8.78 Å². The Kier molecular flexibility index (Phi) is 3.77. The number of halogens is 2. The first-order valence-corrected chi connectivity index (χ1v) is 4.75. The minimum Gasteiger partial charge on any atom is -0.389 e. The largest absolute Gasteiger partial charge is 0.389 e. The summed E-state index contributed by atoms with van der Waals surface area (Å²) in [4.78, 5) is 0. The van der Waals surface area contributed by atoms with Crippen LogP contribution in [0, 0.1) is 11.6 Å². The Hall–Kier alpha value is -1.00. The van der Waals surface area contributed by atoms with E-state index < -0.39 is 17.2 Å². The number of benzene rings is 1. The van der Waals surface area contributed by atoms with E-state index in [2.05, 4.69) is 5.32 Å². The van der Waals surface area contributed by atoms with Gasteiger partial charge >= 0.3 is 0 Å².